The molecular formula is C17H26N2O. The van der Waals surface area contributed by atoms with Crippen LogP contribution in [0.2, 0.25) is 0 Å². The third-order valence-electron chi connectivity index (χ3n) is 4.25. The molecule has 0 bridgehead atoms. The Morgan fingerprint density at radius 3 is 2.60 bits per heavy atom. The van der Waals surface area contributed by atoms with Crippen LogP contribution in [-0.2, 0) is 11.2 Å². The number of carbonyl (C=O) groups excluding carboxylic acids is 1. The van der Waals surface area contributed by atoms with Gasteiger partial charge in [0.15, 0.2) is 0 Å². The van der Waals surface area contributed by atoms with E-state index >= 15 is 0 Å². The lowest BCUT2D eigenvalue weighted by Gasteiger charge is -2.33. The molecule has 1 aromatic carbocycles. The highest BCUT2D eigenvalue weighted by Crippen LogP contribution is 2.22. The molecule has 1 N–H and O–H groups in total. The molecule has 3 nitrogen and oxygen atoms in total. The summed E-state index contributed by atoms with van der Waals surface area (Å²) in [4.78, 5) is 14.4. The first-order valence-electron chi connectivity index (χ1n) is 7.80. The van der Waals surface area contributed by atoms with Gasteiger partial charge in [0.25, 0.3) is 0 Å². The molecule has 0 aliphatic carbocycles. The molecule has 20 heavy (non-hydrogen) atoms. The van der Waals surface area contributed by atoms with Crippen LogP contribution in [0.1, 0.15) is 32.3 Å². The normalized spacial score (nSPS) is 22.5. The topological polar surface area (TPSA) is 32.3 Å². The number of amides is 1. The number of nitrogens with one attached hydrogen (secondary N) is 1. The SMILES string of the molecule is CCN(CC)C(=O)C1CC(Cc2ccccc2)CCN1. The zero-order valence-corrected chi connectivity index (χ0v) is 12.6. The Kier molecular flexibility index (Phi) is 5.60. The Bertz CT molecular complexity index is 414. The summed E-state index contributed by atoms with van der Waals surface area (Å²) < 4.78 is 0. The van der Waals surface area contributed by atoms with Crippen LogP contribution in [0.15, 0.2) is 30.3 Å². The molecule has 1 saturated heterocycles. The number of hydrogen-bond acceptors (Lipinski definition) is 2. The third-order valence-corrected chi connectivity index (χ3v) is 4.25. The molecule has 1 aliphatic heterocycles. The molecule has 1 fully saturated rings. The monoisotopic (exact) mass is 274 g/mol. The number of piperidine rings is 1. The molecule has 1 heterocycles. The van der Waals surface area contributed by atoms with Gasteiger partial charge in [0, 0.05) is 13.1 Å². The number of rotatable bonds is 5. The lowest BCUT2D eigenvalue weighted by atomic mass is 9.86. The summed E-state index contributed by atoms with van der Waals surface area (Å²) in [5.74, 6) is 0.885. The van der Waals surface area contributed by atoms with Crippen LogP contribution >= 0.6 is 0 Å². The third kappa shape index (κ3) is 3.83. The fraction of sp³-hybridized carbons (Fsp3) is 0.588. The Balaban J connectivity index is 1.93. The smallest absolute Gasteiger partial charge is 0.239 e. The van der Waals surface area contributed by atoms with Crippen molar-refractivity contribution < 1.29 is 4.79 Å². The van der Waals surface area contributed by atoms with Crippen LogP contribution in [0.25, 0.3) is 0 Å². The van der Waals surface area contributed by atoms with E-state index in [0.717, 1.165) is 38.9 Å². The number of carbonyl (C=O) groups is 1. The van der Waals surface area contributed by atoms with Crippen LogP contribution in [0.5, 0.6) is 0 Å². The molecule has 0 spiro atoms. The quantitative estimate of drug-likeness (QED) is 0.894. The number of hydrogen-bond donors (Lipinski definition) is 1. The minimum atomic E-state index is 0.0114. The highest BCUT2D eigenvalue weighted by Gasteiger charge is 2.28. The molecule has 1 aliphatic rings. The highest BCUT2D eigenvalue weighted by atomic mass is 16.2. The van der Waals surface area contributed by atoms with Crippen molar-refractivity contribution in [2.24, 2.45) is 5.92 Å². The van der Waals surface area contributed by atoms with Crippen molar-refractivity contribution in [2.45, 2.75) is 39.2 Å². The minimum absolute atomic E-state index is 0.0114. The molecule has 1 aromatic rings. The van der Waals surface area contributed by atoms with Crippen LogP contribution in [0.3, 0.4) is 0 Å². The largest absolute Gasteiger partial charge is 0.342 e. The van der Waals surface area contributed by atoms with Gasteiger partial charge in [0.1, 0.15) is 0 Å². The summed E-state index contributed by atoms with van der Waals surface area (Å²) in [6, 6.07) is 10.6. The van der Waals surface area contributed by atoms with Gasteiger partial charge in [-0.3, -0.25) is 4.79 Å². The van der Waals surface area contributed by atoms with E-state index in [1.165, 1.54) is 5.56 Å². The molecular weight excluding hydrogens is 248 g/mol. The lowest BCUT2D eigenvalue weighted by molar-refractivity contribution is -0.134. The standard InChI is InChI=1S/C17H26N2O/c1-3-19(4-2)17(20)16-13-15(10-11-18-16)12-14-8-6-5-7-9-14/h5-9,15-16,18H,3-4,10-13H2,1-2H3. The van der Waals surface area contributed by atoms with Crippen molar-refractivity contribution in [3.8, 4) is 0 Å². The first kappa shape index (κ1) is 15.0. The second-order valence-electron chi connectivity index (χ2n) is 5.60. The summed E-state index contributed by atoms with van der Waals surface area (Å²) in [5.41, 5.74) is 1.38. The molecule has 110 valence electrons. The molecule has 3 heteroatoms. The minimum Gasteiger partial charge on any atom is -0.342 e. The maximum atomic E-state index is 12.4. The predicted molar refractivity (Wildman–Crippen MR) is 82.6 cm³/mol. The van der Waals surface area contributed by atoms with Crippen molar-refractivity contribution >= 4 is 5.91 Å². The number of nitrogens with zero attached hydrogens (tertiary/aromatic N) is 1. The van der Waals surface area contributed by atoms with E-state index in [2.05, 4.69) is 35.6 Å². The molecule has 0 radical (unpaired) electrons. The van der Waals surface area contributed by atoms with E-state index in [4.69, 9.17) is 0 Å². The molecule has 2 atom stereocenters. The second kappa shape index (κ2) is 7.44. The van der Waals surface area contributed by atoms with Gasteiger partial charge in [-0.15, -0.1) is 0 Å². The van der Waals surface area contributed by atoms with Crippen molar-refractivity contribution in [1.29, 1.82) is 0 Å². The second-order valence-corrected chi connectivity index (χ2v) is 5.60. The van der Waals surface area contributed by atoms with Crippen LogP contribution in [-0.4, -0.2) is 36.5 Å². The van der Waals surface area contributed by atoms with Gasteiger partial charge in [0.2, 0.25) is 5.91 Å². The summed E-state index contributed by atoms with van der Waals surface area (Å²) in [7, 11) is 0. The average molecular weight is 274 g/mol. The fourth-order valence-electron chi connectivity index (χ4n) is 3.07. The number of likely N-dealkylation sites (N-methyl/N-ethyl adjacent to an activating group) is 1. The van der Waals surface area contributed by atoms with E-state index in [-0.39, 0.29) is 11.9 Å². The first-order chi connectivity index (χ1) is 9.74. The Morgan fingerprint density at radius 2 is 1.95 bits per heavy atom. The number of benzene rings is 1. The van der Waals surface area contributed by atoms with Crippen LogP contribution in [0.4, 0.5) is 0 Å². The van der Waals surface area contributed by atoms with Crippen molar-refractivity contribution in [3.05, 3.63) is 35.9 Å². The van der Waals surface area contributed by atoms with Gasteiger partial charge in [-0.2, -0.15) is 0 Å². The lowest BCUT2D eigenvalue weighted by Crippen LogP contribution is -2.50. The van der Waals surface area contributed by atoms with Gasteiger partial charge in [0.05, 0.1) is 6.04 Å². The molecule has 1 amide bonds. The predicted octanol–water partition coefficient (Wildman–Crippen LogP) is 2.47. The Labute approximate surface area is 122 Å². The fourth-order valence-corrected chi connectivity index (χ4v) is 3.07. The van der Waals surface area contributed by atoms with Gasteiger partial charge in [-0.25, -0.2) is 0 Å². The molecule has 0 saturated carbocycles. The Hall–Kier alpha value is -1.35. The van der Waals surface area contributed by atoms with E-state index in [0.29, 0.717) is 5.92 Å². The maximum absolute atomic E-state index is 12.4. The maximum Gasteiger partial charge on any atom is 0.239 e. The van der Waals surface area contributed by atoms with Gasteiger partial charge in [-0.05, 0) is 51.1 Å². The summed E-state index contributed by atoms with van der Waals surface area (Å²) in [6.45, 7) is 6.65. The zero-order chi connectivity index (χ0) is 14.4. The van der Waals surface area contributed by atoms with Gasteiger partial charge >= 0.3 is 0 Å². The summed E-state index contributed by atoms with van der Waals surface area (Å²) in [6.07, 6.45) is 3.21. The average Bonchev–Trinajstić information content (AvgIpc) is 2.49. The van der Waals surface area contributed by atoms with Gasteiger partial charge in [-0.1, -0.05) is 30.3 Å². The van der Waals surface area contributed by atoms with Crippen molar-refractivity contribution in [1.82, 2.24) is 10.2 Å². The van der Waals surface area contributed by atoms with Gasteiger partial charge < -0.3 is 10.2 Å². The molecule has 0 aromatic heterocycles. The summed E-state index contributed by atoms with van der Waals surface area (Å²) in [5, 5.41) is 3.39. The van der Waals surface area contributed by atoms with E-state index in [1.807, 2.05) is 18.7 Å². The van der Waals surface area contributed by atoms with E-state index < -0.39 is 0 Å². The van der Waals surface area contributed by atoms with E-state index in [1.54, 1.807) is 0 Å². The van der Waals surface area contributed by atoms with Crippen molar-refractivity contribution in [3.63, 3.8) is 0 Å². The van der Waals surface area contributed by atoms with Crippen LogP contribution < -0.4 is 5.32 Å². The van der Waals surface area contributed by atoms with E-state index in [9.17, 15) is 4.79 Å². The first-order valence-corrected chi connectivity index (χ1v) is 7.80. The summed E-state index contributed by atoms with van der Waals surface area (Å²) >= 11 is 0. The zero-order valence-electron chi connectivity index (χ0n) is 12.6. The van der Waals surface area contributed by atoms with Crippen molar-refractivity contribution in [2.75, 3.05) is 19.6 Å². The molecule has 2 unspecified atom stereocenters. The molecule has 2 rings (SSSR count). The highest BCUT2D eigenvalue weighted by molar-refractivity contribution is 5.82. The van der Waals surface area contributed by atoms with Crippen LogP contribution in [0, 0.1) is 5.92 Å². The Morgan fingerprint density at radius 1 is 1.25 bits per heavy atom.